The van der Waals surface area contributed by atoms with E-state index in [1.54, 1.807) is 36.4 Å². The molecule has 0 spiro atoms. The minimum atomic E-state index is -0.513. The van der Waals surface area contributed by atoms with Gasteiger partial charge in [0.05, 0.1) is 40.2 Å². The Morgan fingerprint density at radius 2 is 1.54 bits per heavy atom. The second-order valence-corrected chi connectivity index (χ2v) is 8.52. The van der Waals surface area contributed by atoms with Gasteiger partial charge in [-0.2, -0.15) is 0 Å². The highest BCUT2D eigenvalue weighted by molar-refractivity contribution is 6.07. The molecule has 0 bridgehead atoms. The lowest BCUT2D eigenvalue weighted by Crippen LogP contribution is -2.36. The number of nitrogens with zero attached hydrogens (tertiary/aromatic N) is 2. The number of nitrogens with one attached hydrogen (secondary N) is 2. The van der Waals surface area contributed by atoms with Crippen LogP contribution < -0.4 is 35.5 Å². The molecule has 204 valence electrons. The number of amides is 2. The lowest BCUT2D eigenvalue weighted by Gasteiger charge is -2.28. The van der Waals surface area contributed by atoms with E-state index in [1.807, 2.05) is 12.1 Å². The number of ether oxygens (including phenoxy) is 4. The van der Waals surface area contributed by atoms with Crippen LogP contribution in [-0.4, -0.2) is 65.4 Å². The first-order valence-electron chi connectivity index (χ1n) is 12.2. The summed E-state index contributed by atoms with van der Waals surface area (Å²) in [4.78, 5) is 32.1. The number of rotatable bonds is 8. The molecular weight excluding hydrogens is 502 g/mol. The van der Waals surface area contributed by atoms with Crippen molar-refractivity contribution in [3.05, 3.63) is 71.8 Å². The van der Waals surface area contributed by atoms with Crippen LogP contribution >= 0.6 is 0 Å². The van der Waals surface area contributed by atoms with Crippen molar-refractivity contribution in [2.75, 3.05) is 57.8 Å². The highest BCUT2D eigenvalue weighted by Crippen LogP contribution is 2.38. The van der Waals surface area contributed by atoms with Gasteiger partial charge in [-0.3, -0.25) is 14.9 Å². The number of aliphatic imine (C=N–C) groups is 1. The molecular formula is C28H31N5O6. The molecule has 0 atom stereocenters. The first-order valence-corrected chi connectivity index (χ1v) is 12.2. The van der Waals surface area contributed by atoms with E-state index in [4.69, 9.17) is 24.7 Å². The lowest BCUT2D eigenvalue weighted by molar-refractivity contribution is 0.0974. The fourth-order valence-electron chi connectivity index (χ4n) is 4.07. The molecule has 0 radical (unpaired) electrons. The van der Waals surface area contributed by atoms with Crippen molar-refractivity contribution < 1.29 is 28.5 Å². The monoisotopic (exact) mass is 533 g/mol. The van der Waals surface area contributed by atoms with Crippen LogP contribution in [-0.2, 0) is 4.74 Å². The van der Waals surface area contributed by atoms with Crippen molar-refractivity contribution in [1.82, 2.24) is 5.32 Å². The molecule has 11 nitrogen and oxygen atoms in total. The first kappa shape index (κ1) is 27.3. The number of guanidine groups is 1. The van der Waals surface area contributed by atoms with Gasteiger partial charge in [-0.15, -0.1) is 0 Å². The van der Waals surface area contributed by atoms with Crippen LogP contribution in [0.3, 0.4) is 0 Å². The summed E-state index contributed by atoms with van der Waals surface area (Å²) in [6, 6.07) is 17.3. The van der Waals surface area contributed by atoms with E-state index in [0.717, 1.165) is 18.8 Å². The number of anilines is 2. The van der Waals surface area contributed by atoms with E-state index in [0.29, 0.717) is 47.4 Å². The van der Waals surface area contributed by atoms with Gasteiger partial charge in [-0.05, 0) is 54.6 Å². The topological polar surface area (TPSA) is 137 Å². The first-order chi connectivity index (χ1) is 18.9. The Balaban J connectivity index is 1.41. The molecule has 1 aliphatic rings. The van der Waals surface area contributed by atoms with Crippen molar-refractivity contribution in [2.24, 2.45) is 10.7 Å². The average Bonchev–Trinajstić information content (AvgIpc) is 2.96. The van der Waals surface area contributed by atoms with Gasteiger partial charge in [0.1, 0.15) is 0 Å². The quantitative estimate of drug-likeness (QED) is 0.297. The van der Waals surface area contributed by atoms with E-state index >= 15 is 0 Å². The molecule has 0 saturated carbocycles. The molecule has 0 aliphatic carbocycles. The zero-order valence-corrected chi connectivity index (χ0v) is 22.0. The van der Waals surface area contributed by atoms with Gasteiger partial charge in [-0.1, -0.05) is 6.07 Å². The Morgan fingerprint density at radius 1 is 0.872 bits per heavy atom. The number of morpholine rings is 1. The Bertz CT molecular complexity index is 1330. The normalized spacial score (nSPS) is 13.4. The number of nitrogens with two attached hydrogens (primary N) is 1. The third-order valence-electron chi connectivity index (χ3n) is 6.03. The maximum absolute atomic E-state index is 12.8. The minimum absolute atomic E-state index is 0.129. The molecule has 3 aromatic carbocycles. The second kappa shape index (κ2) is 12.7. The van der Waals surface area contributed by atoms with Crippen molar-refractivity contribution in [3.63, 3.8) is 0 Å². The van der Waals surface area contributed by atoms with Crippen LogP contribution in [0, 0.1) is 0 Å². The van der Waals surface area contributed by atoms with E-state index in [9.17, 15) is 9.59 Å². The van der Waals surface area contributed by atoms with Crippen molar-refractivity contribution in [2.45, 2.75) is 0 Å². The molecule has 0 unspecified atom stereocenters. The summed E-state index contributed by atoms with van der Waals surface area (Å²) in [5.74, 6) is 0.128. The summed E-state index contributed by atoms with van der Waals surface area (Å²) in [6.45, 7) is 3.04. The standard InChI is InChI=1S/C28H31N5O6/c1-36-23-15-19(16-24(37-2)25(23)38-3)27(35)32-28(29)31-21-6-4-5-20(17-21)30-26(34)18-7-9-22(10-8-18)33-11-13-39-14-12-33/h4-10,15-17H,11-14H2,1-3H3,(H,30,34)(H3,29,31,32,35). The number of benzene rings is 3. The molecule has 0 aromatic heterocycles. The Hall–Kier alpha value is -4.77. The largest absolute Gasteiger partial charge is 0.493 e. The maximum atomic E-state index is 12.8. The average molecular weight is 534 g/mol. The minimum Gasteiger partial charge on any atom is -0.493 e. The van der Waals surface area contributed by atoms with Crippen LogP contribution in [0.4, 0.5) is 17.1 Å². The second-order valence-electron chi connectivity index (χ2n) is 8.52. The van der Waals surface area contributed by atoms with Crippen LogP contribution in [0.1, 0.15) is 20.7 Å². The van der Waals surface area contributed by atoms with Crippen LogP contribution in [0.25, 0.3) is 0 Å². The zero-order chi connectivity index (χ0) is 27.8. The number of methoxy groups -OCH3 is 3. The summed E-state index contributed by atoms with van der Waals surface area (Å²) in [6.07, 6.45) is 0. The lowest BCUT2D eigenvalue weighted by atomic mass is 10.1. The summed E-state index contributed by atoms with van der Waals surface area (Å²) < 4.78 is 21.3. The molecule has 1 heterocycles. The smallest absolute Gasteiger partial charge is 0.258 e. The van der Waals surface area contributed by atoms with Crippen molar-refractivity contribution in [3.8, 4) is 17.2 Å². The molecule has 3 aromatic rings. The van der Waals surface area contributed by atoms with Crippen molar-refractivity contribution in [1.29, 1.82) is 0 Å². The fourth-order valence-corrected chi connectivity index (χ4v) is 4.07. The zero-order valence-electron chi connectivity index (χ0n) is 22.0. The van der Waals surface area contributed by atoms with Gasteiger partial charge < -0.3 is 34.9 Å². The van der Waals surface area contributed by atoms with Gasteiger partial charge in [0.15, 0.2) is 11.5 Å². The Morgan fingerprint density at radius 3 is 2.15 bits per heavy atom. The summed E-state index contributed by atoms with van der Waals surface area (Å²) >= 11 is 0. The van der Waals surface area contributed by atoms with Gasteiger partial charge in [0.2, 0.25) is 11.7 Å². The Kier molecular flexibility index (Phi) is 8.85. The summed E-state index contributed by atoms with van der Waals surface area (Å²) in [5, 5.41) is 5.40. The maximum Gasteiger partial charge on any atom is 0.258 e. The summed E-state index contributed by atoms with van der Waals surface area (Å²) in [5.41, 5.74) is 8.78. The molecule has 1 fully saturated rings. The van der Waals surface area contributed by atoms with Crippen LogP contribution in [0.5, 0.6) is 17.2 Å². The van der Waals surface area contributed by atoms with Gasteiger partial charge >= 0.3 is 0 Å². The summed E-state index contributed by atoms with van der Waals surface area (Å²) in [7, 11) is 4.39. The molecule has 2 amide bonds. The highest BCUT2D eigenvalue weighted by Gasteiger charge is 2.18. The SMILES string of the molecule is COc1cc(C(=O)NC(N)=Nc2cccc(NC(=O)c3ccc(N4CCOCC4)cc3)c2)cc(OC)c1OC. The van der Waals surface area contributed by atoms with E-state index in [2.05, 4.69) is 20.5 Å². The van der Waals surface area contributed by atoms with Crippen LogP contribution in [0.2, 0.25) is 0 Å². The Labute approximate surface area is 226 Å². The predicted molar refractivity (Wildman–Crippen MR) is 149 cm³/mol. The van der Waals surface area contributed by atoms with E-state index in [-0.39, 0.29) is 17.4 Å². The van der Waals surface area contributed by atoms with Gasteiger partial charge in [-0.25, -0.2) is 4.99 Å². The highest BCUT2D eigenvalue weighted by atomic mass is 16.5. The predicted octanol–water partition coefficient (Wildman–Crippen LogP) is 3.18. The third kappa shape index (κ3) is 6.76. The van der Waals surface area contributed by atoms with Crippen molar-refractivity contribution >= 4 is 34.8 Å². The fraction of sp³-hybridized carbons (Fsp3) is 0.250. The van der Waals surface area contributed by atoms with Gasteiger partial charge in [0.25, 0.3) is 11.8 Å². The third-order valence-corrected chi connectivity index (χ3v) is 6.03. The molecule has 4 N–H and O–H groups in total. The molecule has 1 aliphatic heterocycles. The number of hydrogen-bond acceptors (Lipinski definition) is 8. The van der Waals surface area contributed by atoms with E-state index in [1.165, 1.54) is 33.5 Å². The van der Waals surface area contributed by atoms with Gasteiger partial charge in [0, 0.05) is 35.6 Å². The van der Waals surface area contributed by atoms with E-state index < -0.39 is 5.91 Å². The van der Waals surface area contributed by atoms with Crippen LogP contribution in [0.15, 0.2) is 65.7 Å². The molecule has 1 saturated heterocycles. The number of carbonyl (C=O) groups is 2. The molecule has 4 rings (SSSR count). The molecule has 39 heavy (non-hydrogen) atoms. The number of hydrogen-bond donors (Lipinski definition) is 3. The molecule has 11 heteroatoms. The number of carbonyl (C=O) groups excluding carboxylic acids is 2.